The molecule has 6 heteroatoms. The first-order chi connectivity index (χ1) is 6.72. The molecule has 0 fully saturated rings. The van der Waals surface area contributed by atoms with E-state index in [-0.39, 0.29) is 17.2 Å². The average molecular weight is 189 g/mol. The van der Waals surface area contributed by atoms with Crippen molar-refractivity contribution >= 4 is 16.8 Å². The van der Waals surface area contributed by atoms with Crippen molar-refractivity contribution in [3.63, 3.8) is 0 Å². The Morgan fingerprint density at radius 2 is 2.36 bits per heavy atom. The molecule has 1 heterocycles. The number of nitro groups is 1. The summed E-state index contributed by atoms with van der Waals surface area (Å²) in [4.78, 5) is 13.7. The van der Waals surface area contributed by atoms with Gasteiger partial charge in [0.15, 0.2) is 6.07 Å². The van der Waals surface area contributed by atoms with Crippen LogP contribution in [-0.2, 0) is 0 Å². The minimum atomic E-state index is -0.575. The van der Waals surface area contributed by atoms with Gasteiger partial charge in [0.25, 0.3) is 0 Å². The van der Waals surface area contributed by atoms with E-state index in [1.54, 1.807) is 12.1 Å². The topological polar surface area (TPSA) is 93.0 Å². The fourth-order valence-electron chi connectivity index (χ4n) is 1.13. The zero-order chi connectivity index (χ0) is 10.1. The molecule has 1 aromatic heterocycles. The van der Waals surface area contributed by atoms with Crippen LogP contribution < -0.4 is 0 Å². The second kappa shape index (κ2) is 2.81. The van der Waals surface area contributed by atoms with Crippen LogP contribution in [0.3, 0.4) is 0 Å². The Balaban J connectivity index is 2.81. The second-order valence-electron chi connectivity index (χ2n) is 2.51. The first-order valence-electron chi connectivity index (χ1n) is 3.66. The first-order valence-corrected chi connectivity index (χ1v) is 3.66. The van der Waals surface area contributed by atoms with Crippen LogP contribution in [0, 0.1) is 21.4 Å². The SMILES string of the molecule is N#Cc1nc2cccc([N+](=O)[O-])c2o1. The molecular weight excluding hydrogens is 186 g/mol. The number of aromatic nitrogens is 1. The second-order valence-corrected chi connectivity index (χ2v) is 2.51. The van der Waals surface area contributed by atoms with Gasteiger partial charge in [-0.25, -0.2) is 0 Å². The standard InChI is InChI=1S/C8H3N3O3/c9-4-7-10-5-2-1-3-6(11(12)13)8(5)14-7/h1-3H. The summed E-state index contributed by atoms with van der Waals surface area (Å²) in [5.74, 6) is -0.172. The molecule has 0 bridgehead atoms. The highest BCUT2D eigenvalue weighted by atomic mass is 16.6. The Bertz CT molecular complexity index is 552. The van der Waals surface area contributed by atoms with Gasteiger partial charge >= 0.3 is 11.6 Å². The number of non-ortho nitro benzene ring substituents is 1. The van der Waals surface area contributed by atoms with E-state index in [9.17, 15) is 10.1 Å². The van der Waals surface area contributed by atoms with Crippen molar-refractivity contribution < 1.29 is 9.34 Å². The molecule has 0 spiro atoms. The largest absolute Gasteiger partial charge is 0.421 e. The highest BCUT2D eigenvalue weighted by Gasteiger charge is 2.16. The molecule has 0 aliphatic rings. The van der Waals surface area contributed by atoms with Gasteiger partial charge in [-0.1, -0.05) is 6.07 Å². The van der Waals surface area contributed by atoms with Crippen molar-refractivity contribution in [3.05, 3.63) is 34.2 Å². The number of para-hydroxylation sites is 1. The maximum absolute atomic E-state index is 10.5. The summed E-state index contributed by atoms with van der Waals surface area (Å²) in [6.07, 6.45) is 0. The van der Waals surface area contributed by atoms with Gasteiger partial charge in [-0.3, -0.25) is 10.1 Å². The Morgan fingerprint density at radius 1 is 1.57 bits per heavy atom. The zero-order valence-corrected chi connectivity index (χ0v) is 6.80. The molecule has 68 valence electrons. The van der Waals surface area contributed by atoms with Crippen molar-refractivity contribution in [2.45, 2.75) is 0 Å². The number of rotatable bonds is 1. The minimum absolute atomic E-state index is 0.0362. The number of oxazole rings is 1. The van der Waals surface area contributed by atoms with Gasteiger partial charge in [0, 0.05) is 6.07 Å². The minimum Gasteiger partial charge on any atom is -0.421 e. The number of hydrogen-bond acceptors (Lipinski definition) is 5. The van der Waals surface area contributed by atoms with Crippen LogP contribution in [-0.4, -0.2) is 9.91 Å². The predicted molar refractivity (Wildman–Crippen MR) is 45.4 cm³/mol. The average Bonchev–Trinajstić information content (AvgIpc) is 2.59. The molecule has 14 heavy (non-hydrogen) atoms. The van der Waals surface area contributed by atoms with E-state index in [0.717, 1.165) is 0 Å². The van der Waals surface area contributed by atoms with Gasteiger partial charge in [-0.05, 0) is 6.07 Å². The summed E-state index contributed by atoms with van der Waals surface area (Å²) in [7, 11) is 0. The van der Waals surface area contributed by atoms with Crippen LogP contribution in [0.25, 0.3) is 11.1 Å². The fourth-order valence-corrected chi connectivity index (χ4v) is 1.13. The van der Waals surface area contributed by atoms with Gasteiger partial charge in [-0.15, -0.1) is 0 Å². The van der Waals surface area contributed by atoms with Crippen LogP contribution in [0.5, 0.6) is 0 Å². The lowest BCUT2D eigenvalue weighted by Gasteiger charge is -1.89. The Morgan fingerprint density at radius 3 is 3.00 bits per heavy atom. The maximum atomic E-state index is 10.5. The third-order valence-corrected chi connectivity index (χ3v) is 1.69. The number of fused-ring (bicyclic) bond motifs is 1. The van der Waals surface area contributed by atoms with Gasteiger partial charge < -0.3 is 4.42 Å². The molecule has 6 nitrogen and oxygen atoms in total. The third kappa shape index (κ3) is 1.08. The van der Waals surface area contributed by atoms with Crippen LogP contribution in [0.2, 0.25) is 0 Å². The summed E-state index contributed by atoms with van der Waals surface area (Å²) >= 11 is 0. The lowest BCUT2D eigenvalue weighted by Crippen LogP contribution is -1.87. The van der Waals surface area contributed by atoms with Crippen LogP contribution in [0.4, 0.5) is 5.69 Å². The molecule has 1 aromatic carbocycles. The summed E-state index contributed by atoms with van der Waals surface area (Å²) in [6.45, 7) is 0. The van der Waals surface area contributed by atoms with E-state index in [1.807, 2.05) is 0 Å². The number of hydrogen-bond donors (Lipinski definition) is 0. The normalized spacial score (nSPS) is 9.93. The van der Waals surface area contributed by atoms with Gasteiger partial charge in [-0.2, -0.15) is 10.2 Å². The summed E-state index contributed by atoms with van der Waals surface area (Å²) in [6, 6.07) is 6.02. The van der Waals surface area contributed by atoms with Crippen molar-refractivity contribution in [3.8, 4) is 6.07 Å². The van der Waals surface area contributed by atoms with Gasteiger partial charge in [0.05, 0.1) is 4.92 Å². The fraction of sp³-hybridized carbons (Fsp3) is 0. The van der Waals surface area contributed by atoms with E-state index in [0.29, 0.717) is 5.52 Å². The number of nitrogens with zero attached hydrogens (tertiary/aromatic N) is 3. The number of nitro benzene ring substituents is 1. The molecule has 0 N–H and O–H groups in total. The Kier molecular flexibility index (Phi) is 1.65. The van der Waals surface area contributed by atoms with Gasteiger partial charge in [0.1, 0.15) is 5.52 Å². The highest BCUT2D eigenvalue weighted by molar-refractivity contribution is 5.82. The molecule has 2 aromatic rings. The van der Waals surface area contributed by atoms with E-state index in [1.165, 1.54) is 12.1 Å². The van der Waals surface area contributed by atoms with Crippen LogP contribution in [0.1, 0.15) is 5.89 Å². The number of benzene rings is 1. The van der Waals surface area contributed by atoms with Crippen molar-refractivity contribution in [2.75, 3.05) is 0 Å². The Labute approximate surface area is 77.5 Å². The molecule has 0 saturated heterocycles. The van der Waals surface area contributed by atoms with Crippen LogP contribution in [0.15, 0.2) is 22.6 Å². The van der Waals surface area contributed by atoms with E-state index in [4.69, 9.17) is 9.68 Å². The van der Waals surface area contributed by atoms with E-state index < -0.39 is 4.92 Å². The molecular formula is C8H3N3O3. The smallest absolute Gasteiger partial charge is 0.313 e. The van der Waals surface area contributed by atoms with E-state index >= 15 is 0 Å². The van der Waals surface area contributed by atoms with Crippen molar-refractivity contribution in [1.82, 2.24) is 4.98 Å². The van der Waals surface area contributed by atoms with Crippen molar-refractivity contribution in [1.29, 1.82) is 5.26 Å². The lowest BCUT2D eigenvalue weighted by atomic mass is 10.3. The molecule has 0 unspecified atom stereocenters. The molecule has 0 radical (unpaired) electrons. The predicted octanol–water partition coefficient (Wildman–Crippen LogP) is 1.61. The van der Waals surface area contributed by atoms with Gasteiger partial charge in [0.2, 0.25) is 5.58 Å². The third-order valence-electron chi connectivity index (χ3n) is 1.69. The maximum Gasteiger partial charge on any atom is 0.313 e. The molecule has 0 saturated carbocycles. The molecule has 0 amide bonds. The zero-order valence-electron chi connectivity index (χ0n) is 6.80. The Hall–Kier alpha value is -2.42. The first kappa shape index (κ1) is 8.19. The lowest BCUT2D eigenvalue weighted by molar-refractivity contribution is -0.383. The molecule has 0 aliphatic heterocycles. The number of nitriles is 1. The highest BCUT2D eigenvalue weighted by Crippen LogP contribution is 2.25. The summed E-state index contributed by atoms with van der Waals surface area (Å²) in [5, 5.41) is 19.0. The van der Waals surface area contributed by atoms with Crippen molar-refractivity contribution in [2.24, 2.45) is 0 Å². The molecule has 0 atom stereocenters. The van der Waals surface area contributed by atoms with Crippen LogP contribution >= 0.6 is 0 Å². The molecule has 2 rings (SSSR count). The summed E-state index contributed by atoms with van der Waals surface area (Å²) in [5.41, 5.74) is 0.168. The quantitative estimate of drug-likeness (QED) is 0.501. The molecule has 0 aliphatic carbocycles. The van der Waals surface area contributed by atoms with E-state index in [2.05, 4.69) is 4.98 Å². The monoisotopic (exact) mass is 189 g/mol. The summed E-state index contributed by atoms with van der Waals surface area (Å²) < 4.78 is 4.90.